The summed E-state index contributed by atoms with van der Waals surface area (Å²) >= 11 is 0. The van der Waals surface area contributed by atoms with Crippen LogP contribution >= 0.6 is 0 Å². The van der Waals surface area contributed by atoms with Crippen LogP contribution in [-0.2, 0) is 28.7 Å². The van der Waals surface area contributed by atoms with Gasteiger partial charge in [-0.05, 0) is 47.4 Å². The van der Waals surface area contributed by atoms with Gasteiger partial charge in [0.1, 0.15) is 11.6 Å². The Balaban J connectivity index is 2.03. The Morgan fingerprint density at radius 3 is 2.37 bits per heavy atom. The molecular weight excluding hydrogens is 372 g/mol. The molecule has 0 saturated heterocycles. The fourth-order valence-corrected chi connectivity index (χ4v) is 3.36. The zero-order valence-corrected chi connectivity index (χ0v) is 16.3. The molecule has 0 aromatic heterocycles. The van der Waals surface area contributed by atoms with Gasteiger partial charge in [-0.15, -0.1) is 0 Å². The van der Waals surface area contributed by atoms with E-state index in [2.05, 4.69) is 15.6 Å². The van der Waals surface area contributed by atoms with Crippen molar-refractivity contribution in [3.05, 3.63) is 70.3 Å². The van der Waals surface area contributed by atoms with Crippen LogP contribution in [0, 0.1) is 18.6 Å². The van der Waals surface area contributed by atoms with Gasteiger partial charge in [0.05, 0.1) is 5.75 Å². The number of nitrogens with one attached hydrogen (secondary N) is 2. The quantitative estimate of drug-likeness (QED) is 0.583. The molecule has 0 spiro atoms. The molecule has 0 radical (unpaired) electrons. The highest BCUT2D eigenvalue weighted by Crippen LogP contribution is 2.14. The predicted octanol–water partition coefficient (Wildman–Crippen LogP) is 2.68. The van der Waals surface area contributed by atoms with Gasteiger partial charge in [0.25, 0.3) is 0 Å². The number of guanidine groups is 1. The third-order valence-corrected chi connectivity index (χ3v) is 4.79. The Morgan fingerprint density at radius 2 is 1.74 bits per heavy atom. The van der Waals surface area contributed by atoms with Crippen molar-refractivity contribution >= 4 is 15.8 Å². The highest BCUT2D eigenvalue weighted by Gasteiger charge is 2.11. The zero-order valence-electron chi connectivity index (χ0n) is 15.5. The smallest absolute Gasteiger partial charge is 0.191 e. The molecule has 0 aliphatic carbocycles. The summed E-state index contributed by atoms with van der Waals surface area (Å²) in [5.74, 6) is -0.450. The van der Waals surface area contributed by atoms with E-state index in [4.69, 9.17) is 0 Å². The Morgan fingerprint density at radius 1 is 1.04 bits per heavy atom. The third-order valence-electron chi connectivity index (χ3n) is 3.95. The maximum Gasteiger partial charge on any atom is 0.191 e. The minimum atomic E-state index is -3.24. The second-order valence-corrected chi connectivity index (χ2v) is 8.49. The van der Waals surface area contributed by atoms with Crippen molar-refractivity contribution in [1.82, 2.24) is 10.6 Å². The van der Waals surface area contributed by atoms with Crippen LogP contribution in [0.15, 0.2) is 41.4 Å². The molecule has 0 aliphatic heterocycles. The topological polar surface area (TPSA) is 70.6 Å². The first-order valence-electron chi connectivity index (χ1n) is 8.32. The highest BCUT2D eigenvalue weighted by atomic mass is 32.2. The highest BCUT2D eigenvalue weighted by molar-refractivity contribution is 7.89. The number of aliphatic imine (C=N–C) groups is 1. The van der Waals surface area contributed by atoms with Crippen molar-refractivity contribution in [2.24, 2.45) is 4.99 Å². The lowest BCUT2D eigenvalue weighted by Crippen LogP contribution is -2.36. The maximum absolute atomic E-state index is 13.6. The summed E-state index contributed by atoms with van der Waals surface area (Å²) in [6.07, 6.45) is 1.13. The van der Waals surface area contributed by atoms with Gasteiger partial charge in [-0.1, -0.05) is 18.2 Å². The number of aryl methyl sites for hydroxylation is 1. The van der Waals surface area contributed by atoms with E-state index in [1.807, 2.05) is 6.07 Å². The molecule has 5 nitrogen and oxygen atoms in total. The molecule has 0 heterocycles. The van der Waals surface area contributed by atoms with Gasteiger partial charge < -0.3 is 10.6 Å². The monoisotopic (exact) mass is 395 g/mol. The normalized spacial score (nSPS) is 12.1. The van der Waals surface area contributed by atoms with Crippen molar-refractivity contribution < 1.29 is 17.2 Å². The van der Waals surface area contributed by atoms with Crippen LogP contribution in [-0.4, -0.2) is 27.7 Å². The Labute approximate surface area is 158 Å². The summed E-state index contributed by atoms with van der Waals surface area (Å²) in [6.45, 7) is 2.25. The lowest BCUT2D eigenvalue weighted by atomic mass is 10.1. The molecule has 0 bridgehead atoms. The lowest BCUT2D eigenvalue weighted by Gasteiger charge is -2.14. The molecule has 0 aliphatic rings. The lowest BCUT2D eigenvalue weighted by molar-refractivity contribution is 0.599. The van der Waals surface area contributed by atoms with Crippen LogP contribution in [0.3, 0.4) is 0 Å². The van der Waals surface area contributed by atoms with Crippen LogP contribution in [0.25, 0.3) is 0 Å². The summed E-state index contributed by atoms with van der Waals surface area (Å²) in [7, 11) is -1.66. The average Bonchev–Trinajstić information content (AvgIpc) is 2.59. The van der Waals surface area contributed by atoms with E-state index in [0.29, 0.717) is 29.2 Å². The van der Waals surface area contributed by atoms with Crippen molar-refractivity contribution in [3.63, 3.8) is 0 Å². The molecule has 8 heteroatoms. The SMILES string of the molecule is CN=C(NCc1ccc(C)c(F)c1)NCc1cc(F)ccc1CS(C)(=O)=O. The summed E-state index contributed by atoms with van der Waals surface area (Å²) in [5.41, 5.74) is 2.39. The predicted molar refractivity (Wildman–Crippen MR) is 103 cm³/mol. The molecular formula is C19H23F2N3O2S. The largest absolute Gasteiger partial charge is 0.352 e. The van der Waals surface area contributed by atoms with Crippen molar-refractivity contribution in [2.45, 2.75) is 25.8 Å². The van der Waals surface area contributed by atoms with Gasteiger partial charge in [0.2, 0.25) is 0 Å². The minimum Gasteiger partial charge on any atom is -0.352 e. The molecule has 2 N–H and O–H groups in total. The maximum atomic E-state index is 13.6. The van der Waals surface area contributed by atoms with Gasteiger partial charge in [0.15, 0.2) is 15.8 Å². The summed E-state index contributed by atoms with van der Waals surface area (Å²) in [4.78, 5) is 4.07. The third kappa shape index (κ3) is 6.63. The van der Waals surface area contributed by atoms with Crippen molar-refractivity contribution in [3.8, 4) is 0 Å². The van der Waals surface area contributed by atoms with Crippen LogP contribution in [0.4, 0.5) is 8.78 Å². The molecule has 2 aromatic carbocycles. The van der Waals surface area contributed by atoms with E-state index in [-0.39, 0.29) is 18.1 Å². The van der Waals surface area contributed by atoms with E-state index in [9.17, 15) is 17.2 Å². The van der Waals surface area contributed by atoms with Gasteiger partial charge in [-0.25, -0.2) is 17.2 Å². The number of hydrogen-bond acceptors (Lipinski definition) is 3. The summed E-state index contributed by atoms with van der Waals surface area (Å²) in [6, 6.07) is 8.98. The fraction of sp³-hybridized carbons (Fsp3) is 0.316. The van der Waals surface area contributed by atoms with Crippen LogP contribution in [0.5, 0.6) is 0 Å². The minimum absolute atomic E-state index is 0.168. The van der Waals surface area contributed by atoms with Crippen LogP contribution in [0.1, 0.15) is 22.3 Å². The first-order valence-corrected chi connectivity index (χ1v) is 10.4. The van der Waals surface area contributed by atoms with Crippen LogP contribution < -0.4 is 10.6 Å². The van der Waals surface area contributed by atoms with E-state index >= 15 is 0 Å². The van der Waals surface area contributed by atoms with E-state index in [1.165, 1.54) is 24.3 Å². The molecule has 0 amide bonds. The molecule has 146 valence electrons. The standard InChI is InChI=1S/C19H23F2N3O2S/c1-13-4-5-14(8-18(13)21)10-23-19(22-2)24-11-16-9-17(20)7-6-15(16)12-27(3,25)26/h4-9H,10-12H2,1-3H3,(H2,22,23,24). The number of benzene rings is 2. The summed E-state index contributed by atoms with van der Waals surface area (Å²) in [5, 5.41) is 6.06. The molecule has 0 unspecified atom stereocenters. The number of rotatable bonds is 6. The van der Waals surface area contributed by atoms with Gasteiger partial charge >= 0.3 is 0 Å². The first kappa shape index (κ1) is 20.8. The molecule has 2 aromatic rings. The van der Waals surface area contributed by atoms with Gasteiger partial charge in [-0.3, -0.25) is 4.99 Å². The number of hydrogen-bond donors (Lipinski definition) is 2. The Hall–Kier alpha value is -2.48. The van der Waals surface area contributed by atoms with Crippen molar-refractivity contribution in [2.75, 3.05) is 13.3 Å². The van der Waals surface area contributed by atoms with E-state index in [1.54, 1.807) is 20.0 Å². The van der Waals surface area contributed by atoms with Crippen LogP contribution in [0.2, 0.25) is 0 Å². The van der Waals surface area contributed by atoms with E-state index < -0.39 is 15.7 Å². The molecule has 0 atom stereocenters. The summed E-state index contributed by atoms with van der Waals surface area (Å²) < 4.78 is 50.3. The molecule has 27 heavy (non-hydrogen) atoms. The zero-order chi connectivity index (χ0) is 20.0. The van der Waals surface area contributed by atoms with Gasteiger partial charge in [0, 0.05) is 26.4 Å². The second kappa shape index (κ2) is 8.94. The molecule has 0 saturated carbocycles. The number of sulfone groups is 1. The second-order valence-electron chi connectivity index (χ2n) is 6.35. The number of nitrogens with zero attached hydrogens (tertiary/aromatic N) is 1. The Bertz CT molecular complexity index is 944. The molecule has 0 fully saturated rings. The van der Waals surface area contributed by atoms with Gasteiger partial charge in [-0.2, -0.15) is 0 Å². The molecule has 2 rings (SSSR count). The fourth-order valence-electron chi connectivity index (χ4n) is 2.51. The average molecular weight is 395 g/mol. The van der Waals surface area contributed by atoms with E-state index in [0.717, 1.165) is 11.8 Å². The number of halogens is 2. The Kier molecular flexibility index (Phi) is 6.90. The first-order chi connectivity index (χ1) is 12.7. The van der Waals surface area contributed by atoms with Crippen molar-refractivity contribution in [1.29, 1.82) is 0 Å².